The Morgan fingerprint density at radius 3 is 2.34 bits per heavy atom. The lowest BCUT2D eigenvalue weighted by molar-refractivity contribution is -0.121. The summed E-state index contributed by atoms with van der Waals surface area (Å²) in [5, 5.41) is 4.87. The smallest absolute Gasteiger partial charge is 0.263 e. The Labute approximate surface area is 173 Å². The number of anilines is 1. The van der Waals surface area contributed by atoms with E-state index >= 15 is 0 Å². The number of benzene rings is 1. The normalized spacial score (nSPS) is 14.4. The van der Waals surface area contributed by atoms with Crippen molar-refractivity contribution in [3.8, 4) is 11.5 Å². The number of pyridine rings is 1. The van der Waals surface area contributed by atoms with Crippen molar-refractivity contribution in [2.75, 3.05) is 18.4 Å². The highest BCUT2D eigenvalue weighted by Crippen LogP contribution is 2.25. The lowest BCUT2D eigenvalue weighted by Crippen LogP contribution is -2.41. The first-order valence-electron chi connectivity index (χ1n) is 9.50. The minimum atomic E-state index is -0.0878. The topological polar surface area (TPSA) is 71.5 Å². The molecule has 6 nitrogen and oxygen atoms in total. The quantitative estimate of drug-likeness (QED) is 0.679. The largest absolute Gasteiger partial charge is 0.457 e. The number of thiophene rings is 1. The number of amides is 2. The zero-order valence-electron chi connectivity index (χ0n) is 15.8. The van der Waals surface area contributed by atoms with Crippen LogP contribution in [0.3, 0.4) is 0 Å². The molecule has 1 aliphatic heterocycles. The molecule has 0 atom stereocenters. The molecule has 0 aliphatic carbocycles. The van der Waals surface area contributed by atoms with E-state index in [0.717, 1.165) is 10.6 Å². The molecule has 0 saturated carbocycles. The third-order valence-electron chi connectivity index (χ3n) is 4.89. The molecule has 0 bridgehead atoms. The van der Waals surface area contributed by atoms with Crippen molar-refractivity contribution >= 4 is 28.8 Å². The predicted molar refractivity (Wildman–Crippen MR) is 112 cm³/mol. The van der Waals surface area contributed by atoms with Gasteiger partial charge in [0.15, 0.2) is 0 Å². The SMILES string of the molecule is O=C(Nc1ccc(Oc2ccncc2)cc1)C1CCN(C(=O)c2cccs2)CC1. The van der Waals surface area contributed by atoms with E-state index in [1.165, 1.54) is 11.3 Å². The fourth-order valence-electron chi connectivity index (χ4n) is 3.29. The van der Waals surface area contributed by atoms with Crippen molar-refractivity contribution in [2.45, 2.75) is 12.8 Å². The predicted octanol–water partition coefficient (Wildman–Crippen LogP) is 4.43. The molecular formula is C22H21N3O3S. The number of piperidine rings is 1. The van der Waals surface area contributed by atoms with Crippen LogP contribution < -0.4 is 10.1 Å². The summed E-state index contributed by atoms with van der Waals surface area (Å²) in [6, 6.07) is 14.6. The maximum absolute atomic E-state index is 12.6. The first kappa shape index (κ1) is 19.1. The molecule has 3 aromatic rings. The maximum Gasteiger partial charge on any atom is 0.263 e. The minimum absolute atomic E-state index is 0.00368. The molecule has 1 saturated heterocycles. The molecule has 7 heteroatoms. The fraction of sp³-hybridized carbons (Fsp3) is 0.227. The number of hydrogen-bond donors (Lipinski definition) is 1. The van der Waals surface area contributed by atoms with E-state index in [0.29, 0.717) is 37.4 Å². The van der Waals surface area contributed by atoms with Crippen LogP contribution in [0.2, 0.25) is 0 Å². The fourth-order valence-corrected chi connectivity index (χ4v) is 3.98. The summed E-state index contributed by atoms with van der Waals surface area (Å²) in [6.45, 7) is 1.21. The highest BCUT2D eigenvalue weighted by molar-refractivity contribution is 7.12. The van der Waals surface area contributed by atoms with Crippen molar-refractivity contribution in [2.24, 2.45) is 5.92 Å². The second kappa shape index (κ2) is 8.87. The monoisotopic (exact) mass is 407 g/mol. The Bertz CT molecular complexity index is 951. The summed E-state index contributed by atoms with van der Waals surface area (Å²) in [5.41, 5.74) is 0.731. The van der Waals surface area contributed by atoms with Crippen LogP contribution in [0, 0.1) is 5.92 Å². The van der Waals surface area contributed by atoms with Gasteiger partial charge in [-0.25, -0.2) is 0 Å². The zero-order valence-corrected chi connectivity index (χ0v) is 16.6. The van der Waals surface area contributed by atoms with Crippen molar-refractivity contribution in [1.29, 1.82) is 0 Å². The average molecular weight is 407 g/mol. The van der Waals surface area contributed by atoms with Gasteiger partial charge < -0.3 is 15.0 Å². The van der Waals surface area contributed by atoms with Crippen LogP contribution in [0.4, 0.5) is 5.69 Å². The molecule has 3 heterocycles. The van der Waals surface area contributed by atoms with E-state index in [1.807, 2.05) is 46.7 Å². The third kappa shape index (κ3) is 4.81. The molecule has 0 spiro atoms. The van der Waals surface area contributed by atoms with Crippen molar-refractivity contribution in [1.82, 2.24) is 9.88 Å². The van der Waals surface area contributed by atoms with Crippen LogP contribution in [0.5, 0.6) is 11.5 Å². The van der Waals surface area contributed by atoms with Gasteiger partial charge >= 0.3 is 0 Å². The number of hydrogen-bond acceptors (Lipinski definition) is 5. The Morgan fingerprint density at radius 1 is 1.00 bits per heavy atom. The summed E-state index contributed by atoms with van der Waals surface area (Å²) in [5.74, 6) is 1.37. The zero-order chi connectivity index (χ0) is 20.1. The summed E-state index contributed by atoms with van der Waals surface area (Å²) in [6.07, 6.45) is 4.69. The number of nitrogens with one attached hydrogen (secondary N) is 1. The van der Waals surface area contributed by atoms with Crippen LogP contribution >= 0.6 is 11.3 Å². The van der Waals surface area contributed by atoms with E-state index in [-0.39, 0.29) is 17.7 Å². The van der Waals surface area contributed by atoms with E-state index in [1.54, 1.807) is 24.5 Å². The molecular weight excluding hydrogens is 386 g/mol. The molecule has 29 heavy (non-hydrogen) atoms. The van der Waals surface area contributed by atoms with Crippen LogP contribution in [-0.2, 0) is 4.79 Å². The van der Waals surface area contributed by atoms with Crippen LogP contribution in [-0.4, -0.2) is 34.8 Å². The first-order chi connectivity index (χ1) is 14.2. The molecule has 148 valence electrons. The average Bonchev–Trinajstić information content (AvgIpc) is 3.30. The number of ether oxygens (including phenoxy) is 1. The first-order valence-corrected chi connectivity index (χ1v) is 10.4. The van der Waals surface area contributed by atoms with Gasteiger partial charge in [-0.3, -0.25) is 14.6 Å². The van der Waals surface area contributed by atoms with Crippen LogP contribution in [0.25, 0.3) is 0 Å². The molecule has 1 fully saturated rings. The number of nitrogens with zero attached hydrogens (tertiary/aromatic N) is 2. The van der Waals surface area contributed by atoms with Crippen molar-refractivity contribution in [3.63, 3.8) is 0 Å². The molecule has 2 amide bonds. The van der Waals surface area contributed by atoms with Gasteiger partial charge in [-0.05, 0) is 60.7 Å². The maximum atomic E-state index is 12.6. The second-order valence-electron chi connectivity index (χ2n) is 6.84. The number of rotatable bonds is 5. The summed E-state index contributed by atoms with van der Waals surface area (Å²) in [4.78, 5) is 31.6. The summed E-state index contributed by atoms with van der Waals surface area (Å²) < 4.78 is 5.73. The molecule has 1 aromatic carbocycles. The Hall–Kier alpha value is -3.19. The summed E-state index contributed by atoms with van der Waals surface area (Å²) in [7, 11) is 0. The van der Waals surface area contributed by atoms with Gasteiger partial charge in [0.05, 0.1) is 4.88 Å². The van der Waals surface area contributed by atoms with Crippen LogP contribution in [0.15, 0.2) is 66.3 Å². The minimum Gasteiger partial charge on any atom is -0.457 e. The molecule has 1 N–H and O–H groups in total. The molecule has 0 unspecified atom stereocenters. The van der Waals surface area contributed by atoms with Gasteiger partial charge in [0.1, 0.15) is 11.5 Å². The lowest BCUT2D eigenvalue weighted by Gasteiger charge is -2.31. The van der Waals surface area contributed by atoms with Gasteiger partial charge in [-0.15, -0.1) is 11.3 Å². The molecule has 0 radical (unpaired) electrons. The highest BCUT2D eigenvalue weighted by Gasteiger charge is 2.28. The number of carbonyl (C=O) groups excluding carboxylic acids is 2. The van der Waals surface area contributed by atoms with Crippen LogP contribution in [0.1, 0.15) is 22.5 Å². The molecule has 2 aromatic heterocycles. The number of carbonyl (C=O) groups is 2. The van der Waals surface area contributed by atoms with Gasteiger partial charge in [0, 0.05) is 37.1 Å². The van der Waals surface area contributed by atoms with Gasteiger partial charge in [-0.1, -0.05) is 6.07 Å². The Kier molecular flexibility index (Phi) is 5.86. The standard InChI is InChI=1S/C22H21N3O3S/c26-21(16-9-13-25(14-10-16)22(27)20-2-1-15-29-20)24-17-3-5-18(6-4-17)28-19-7-11-23-12-8-19/h1-8,11-12,15-16H,9-10,13-14H2,(H,24,26). The summed E-state index contributed by atoms with van der Waals surface area (Å²) >= 11 is 1.45. The lowest BCUT2D eigenvalue weighted by atomic mass is 9.95. The van der Waals surface area contributed by atoms with E-state index in [9.17, 15) is 9.59 Å². The van der Waals surface area contributed by atoms with Gasteiger partial charge in [0.25, 0.3) is 5.91 Å². The Balaban J connectivity index is 1.28. The van der Waals surface area contributed by atoms with E-state index in [4.69, 9.17) is 4.74 Å². The van der Waals surface area contributed by atoms with E-state index < -0.39 is 0 Å². The van der Waals surface area contributed by atoms with Gasteiger partial charge in [0.2, 0.25) is 5.91 Å². The van der Waals surface area contributed by atoms with Crippen molar-refractivity contribution in [3.05, 3.63) is 71.2 Å². The van der Waals surface area contributed by atoms with Crippen molar-refractivity contribution < 1.29 is 14.3 Å². The molecule has 4 rings (SSSR count). The number of aromatic nitrogens is 1. The second-order valence-corrected chi connectivity index (χ2v) is 7.79. The number of likely N-dealkylation sites (tertiary alicyclic amines) is 1. The highest BCUT2D eigenvalue weighted by atomic mass is 32.1. The Morgan fingerprint density at radius 2 is 1.69 bits per heavy atom. The molecule has 1 aliphatic rings. The van der Waals surface area contributed by atoms with Gasteiger partial charge in [-0.2, -0.15) is 0 Å². The van der Waals surface area contributed by atoms with E-state index in [2.05, 4.69) is 10.3 Å². The third-order valence-corrected chi connectivity index (χ3v) is 5.75.